The van der Waals surface area contributed by atoms with E-state index in [9.17, 15) is 9.59 Å². The Kier molecular flexibility index (Phi) is 5.85. The van der Waals surface area contributed by atoms with Gasteiger partial charge in [-0.1, -0.05) is 0 Å². The molecule has 2 aromatic carbocycles. The Morgan fingerprint density at radius 3 is 2.56 bits per heavy atom. The average Bonchev–Trinajstić information content (AvgIpc) is 3.22. The molecule has 3 aliphatic rings. The molecule has 1 saturated heterocycles. The molecule has 2 aromatic rings. The number of hydrogen-bond donors (Lipinski definition) is 1. The molecule has 0 bridgehead atoms. The minimum Gasteiger partial charge on any atom is -0.493 e. The molecule has 2 atom stereocenters. The number of rotatable bonds is 4. The molecule has 3 aliphatic heterocycles. The van der Waals surface area contributed by atoms with Crippen molar-refractivity contribution in [3.05, 3.63) is 41.5 Å². The number of amides is 3. The van der Waals surface area contributed by atoms with E-state index < -0.39 is 0 Å². The van der Waals surface area contributed by atoms with E-state index in [1.165, 1.54) is 0 Å². The normalized spacial score (nSPS) is 21.2. The molecule has 0 aromatic heterocycles. The van der Waals surface area contributed by atoms with Gasteiger partial charge in [-0.15, -0.1) is 0 Å². The summed E-state index contributed by atoms with van der Waals surface area (Å²) in [5, 5.41) is 3.07. The smallest absolute Gasteiger partial charge is 0.318 e. The van der Waals surface area contributed by atoms with E-state index in [4.69, 9.17) is 18.9 Å². The van der Waals surface area contributed by atoms with Gasteiger partial charge in [0.2, 0.25) is 5.91 Å². The fourth-order valence-corrected chi connectivity index (χ4v) is 4.93. The maximum Gasteiger partial charge on any atom is 0.318 e. The van der Waals surface area contributed by atoms with E-state index >= 15 is 0 Å². The topological polar surface area (TPSA) is 89.6 Å². The van der Waals surface area contributed by atoms with E-state index in [1.807, 2.05) is 42.2 Å². The van der Waals surface area contributed by atoms with Gasteiger partial charge in [-0.2, -0.15) is 0 Å². The first-order valence-electron chi connectivity index (χ1n) is 11.5. The van der Waals surface area contributed by atoms with Gasteiger partial charge >= 0.3 is 6.03 Å². The summed E-state index contributed by atoms with van der Waals surface area (Å²) < 4.78 is 22.1. The van der Waals surface area contributed by atoms with Crippen LogP contribution in [0, 0.1) is 0 Å². The van der Waals surface area contributed by atoms with E-state index in [2.05, 4.69) is 5.32 Å². The van der Waals surface area contributed by atoms with Crippen LogP contribution in [0.1, 0.15) is 30.5 Å². The number of ether oxygens (including phenoxy) is 4. The highest BCUT2D eigenvalue weighted by Gasteiger charge is 2.35. The molecule has 5 rings (SSSR count). The SMILES string of the molecule is COc1cc2c(cc1OC)[C@@H](C)N(C(=O)N[C@@H]1CC(=O)N(c3ccc4c(c3)OCCO4)C1)CC2. The molecule has 3 heterocycles. The summed E-state index contributed by atoms with van der Waals surface area (Å²) in [5.74, 6) is 2.62. The van der Waals surface area contributed by atoms with Crippen molar-refractivity contribution in [3.8, 4) is 23.0 Å². The first-order valence-corrected chi connectivity index (χ1v) is 11.5. The van der Waals surface area contributed by atoms with Crippen molar-refractivity contribution in [1.82, 2.24) is 10.2 Å². The number of fused-ring (bicyclic) bond motifs is 2. The molecule has 0 saturated carbocycles. The number of benzene rings is 2. The molecule has 0 unspecified atom stereocenters. The number of urea groups is 1. The highest BCUT2D eigenvalue weighted by atomic mass is 16.6. The van der Waals surface area contributed by atoms with Crippen molar-refractivity contribution >= 4 is 17.6 Å². The summed E-state index contributed by atoms with van der Waals surface area (Å²) >= 11 is 0. The molecular formula is C25H29N3O6. The molecule has 9 heteroatoms. The van der Waals surface area contributed by atoms with Crippen LogP contribution in [0.3, 0.4) is 0 Å². The van der Waals surface area contributed by atoms with Gasteiger partial charge in [-0.25, -0.2) is 4.79 Å². The molecule has 0 spiro atoms. The summed E-state index contributed by atoms with van der Waals surface area (Å²) in [5.41, 5.74) is 2.93. The van der Waals surface area contributed by atoms with Crippen LogP contribution in [0.5, 0.6) is 23.0 Å². The number of hydrogen-bond acceptors (Lipinski definition) is 6. The number of carbonyl (C=O) groups is 2. The zero-order valence-corrected chi connectivity index (χ0v) is 19.6. The molecule has 3 amide bonds. The Morgan fingerprint density at radius 1 is 1.06 bits per heavy atom. The first kappa shape index (κ1) is 22.2. The molecule has 1 N–H and O–H groups in total. The summed E-state index contributed by atoms with van der Waals surface area (Å²) in [6, 6.07) is 8.85. The minimum atomic E-state index is -0.271. The summed E-state index contributed by atoms with van der Waals surface area (Å²) in [6.45, 7) is 4.00. The lowest BCUT2D eigenvalue weighted by molar-refractivity contribution is -0.117. The summed E-state index contributed by atoms with van der Waals surface area (Å²) in [4.78, 5) is 29.4. The quantitative estimate of drug-likeness (QED) is 0.744. The lowest BCUT2D eigenvalue weighted by atomic mass is 9.93. The first-order chi connectivity index (χ1) is 16.5. The molecule has 0 aliphatic carbocycles. The van der Waals surface area contributed by atoms with Crippen LogP contribution in [0.2, 0.25) is 0 Å². The summed E-state index contributed by atoms with van der Waals surface area (Å²) in [6.07, 6.45) is 0.977. The Balaban J connectivity index is 1.27. The zero-order chi connectivity index (χ0) is 23.8. The average molecular weight is 468 g/mol. The van der Waals surface area contributed by atoms with Crippen LogP contribution in [-0.4, -0.2) is 63.4 Å². The molecule has 1 fully saturated rings. The van der Waals surface area contributed by atoms with Crippen LogP contribution in [-0.2, 0) is 11.2 Å². The predicted molar refractivity (Wildman–Crippen MR) is 125 cm³/mol. The Hall–Kier alpha value is -3.62. The zero-order valence-electron chi connectivity index (χ0n) is 19.6. The van der Waals surface area contributed by atoms with Crippen LogP contribution in [0.25, 0.3) is 0 Å². The fraction of sp³-hybridized carbons (Fsp3) is 0.440. The van der Waals surface area contributed by atoms with Gasteiger partial charge in [0.05, 0.1) is 26.3 Å². The van der Waals surface area contributed by atoms with Gasteiger partial charge in [0, 0.05) is 31.3 Å². The van der Waals surface area contributed by atoms with Crippen molar-refractivity contribution in [3.63, 3.8) is 0 Å². The second-order valence-electron chi connectivity index (χ2n) is 8.71. The van der Waals surface area contributed by atoms with Gasteiger partial charge in [-0.3, -0.25) is 4.79 Å². The Bertz CT molecular complexity index is 1120. The number of anilines is 1. The van der Waals surface area contributed by atoms with E-state index in [-0.39, 0.29) is 30.4 Å². The fourth-order valence-electron chi connectivity index (χ4n) is 4.93. The van der Waals surface area contributed by atoms with Crippen LogP contribution in [0.15, 0.2) is 30.3 Å². The third-order valence-electron chi connectivity index (χ3n) is 6.74. The maximum atomic E-state index is 13.2. The van der Waals surface area contributed by atoms with E-state index in [0.717, 1.165) is 23.2 Å². The highest BCUT2D eigenvalue weighted by Crippen LogP contribution is 2.38. The van der Waals surface area contributed by atoms with Crippen LogP contribution >= 0.6 is 0 Å². The summed E-state index contributed by atoms with van der Waals surface area (Å²) in [7, 11) is 3.22. The molecule has 180 valence electrons. The predicted octanol–water partition coefficient (Wildman–Crippen LogP) is 2.91. The van der Waals surface area contributed by atoms with Crippen LogP contribution < -0.4 is 29.2 Å². The standard InChI is InChI=1S/C25H29N3O6/c1-15-19-13-22(32-3)21(31-2)10-16(19)6-7-27(15)25(30)26-17-11-24(29)28(14-17)18-4-5-20-23(12-18)34-9-8-33-20/h4-5,10,12-13,15,17H,6-9,11,14H2,1-3H3,(H,26,30)/t15-,17-/m1/s1. The second-order valence-corrected chi connectivity index (χ2v) is 8.71. The van der Waals surface area contributed by atoms with Gasteiger partial charge in [-0.05, 0) is 48.7 Å². The molecule has 9 nitrogen and oxygen atoms in total. The van der Waals surface area contributed by atoms with Gasteiger partial charge in [0.25, 0.3) is 0 Å². The minimum absolute atomic E-state index is 0.0316. The van der Waals surface area contributed by atoms with Crippen LogP contribution in [0.4, 0.5) is 10.5 Å². The molecule has 34 heavy (non-hydrogen) atoms. The van der Waals surface area contributed by atoms with Crippen molar-refractivity contribution < 1.29 is 28.5 Å². The molecular weight excluding hydrogens is 438 g/mol. The second kappa shape index (κ2) is 8.96. The van der Waals surface area contributed by atoms with Crippen molar-refractivity contribution in [2.75, 3.05) is 45.4 Å². The van der Waals surface area contributed by atoms with Gasteiger partial charge < -0.3 is 34.1 Å². The lowest BCUT2D eigenvalue weighted by Crippen LogP contribution is -2.48. The van der Waals surface area contributed by atoms with E-state index in [1.54, 1.807) is 19.1 Å². The number of carbonyl (C=O) groups excluding carboxylic acids is 2. The Labute approximate surface area is 198 Å². The monoisotopic (exact) mass is 467 g/mol. The van der Waals surface area contributed by atoms with Crippen molar-refractivity contribution in [2.45, 2.75) is 31.8 Å². The number of methoxy groups -OCH3 is 2. The highest BCUT2D eigenvalue weighted by molar-refractivity contribution is 5.97. The van der Waals surface area contributed by atoms with Gasteiger partial charge in [0.15, 0.2) is 23.0 Å². The maximum absolute atomic E-state index is 13.2. The number of nitrogens with one attached hydrogen (secondary N) is 1. The third kappa shape index (κ3) is 3.95. The van der Waals surface area contributed by atoms with E-state index in [0.29, 0.717) is 49.3 Å². The molecule has 0 radical (unpaired) electrons. The Morgan fingerprint density at radius 2 is 1.79 bits per heavy atom. The number of nitrogens with zero attached hydrogens (tertiary/aromatic N) is 2. The van der Waals surface area contributed by atoms with Crippen molar-refractivity contribution in [1.29, 1.82) is 0 Å². The lowest BCUT2D eigenvalue weighted by Gasteiger charge is -2.36. The largest absolute Gasteiger partial charge is 0.493 e. The third-order valence-corrected chi connectivity index (χ3v) is 6.74. The van der Waals surface area contributed by atoms with Gasteiger partial charge in [0.1, 0.15) is 13.2 Å². The van der Waals surface area contributed by atoms with Crippen molar-refractivity contribution in [2.24, 2.45) is 0 Å².